The molecule has 160 valence electrons. The van der Waals surface area contributed by atoms with Crippen LogP contribution in [-0.2, 0) is 9.47 Å². The first-order chi connectivity index (χ1) is 15.2. The van der Waals surface area contributed by atoms with E-state index < -0.39 is 0 Å². The van der Waals surface area contributed by atoms with E-state index in [1.165, 1.54) is 0 Å². The van der Waals surface area contributed by atoms with Crippen LogP contribution in [0.4, 0.5) is 10.5 Å². The topological polar surface area (TPSA) is 112 Å². The molecule has 10 heteroatoms. The molecule has 2 aliphatic rings. The molecule has 2 fully saturated rings. The summed E-state index contributed by atoms with van der Waals surface area (Å²) in [7, 11) is 1.60. The van der Waals surface area contributed by atoms with E-state index in [-0.39, 0.29) is 30.3 Å². The summed E-state index contributed by atoms with van der Waals surface area (Å²) in [5.74, 6) is 0.725. The number of carbonyl (C=O) groups excluding carboxylic acids is 1. The first-order valence-electron chi connectivity index (χ1n) is 9.99. The minimum absolute atomic E-state index is 0.119. The van der Waals surface area contributed by atoms with Gasteiger partial charge < -0.3 is 24.8 Å². The lowest BCUT2D eigenvalue weighted by molar-refractivity contribution is 0.0622. The molecule has 2 saturated heterocycles. The summed E-state index contributed by atoms with van der Waals surface area (Å²) < 4.78 is 18.8. The molecule has 31 heavy (non-hydrogen) atoms. The van der Waals surface area contributed by atoms with Gasteiger partial charge in [-0.2, -0.15) is 0 Å². The van der Waals surface area contributed by atoms with E-state index in [2.05, 4.69) is 25.9 Å². The number of carbonyl (C=O) groups is 1. The van der Waals surface area contributed by atoms with Crippen LogP contribution in [0.15, 0.2) is 54.9 Å². The van der Waals surface area contributed by atoms with Gasteiger partial charge >= 0.3 is 6.03 Å². The molecule has 0 aliphatic carbocycles. The van der Waals surface area contributed by atoms with E-state index in [1.807, 2.05) is 24.4 Å². The molecule has 0 radical (unpaired) electrons. The predicted molar refractivity (Wildman–Crippen MR) is 111 cm³/mol. The average Bonchev–Trinajstić information content (AvgIpc) is 3.52. The summed E-state index contributed by atoms with van der Waals surface area (Å²) in [5, 5.41) is 14.2. The van der Waals surface area contributed by atoms with Gasteiger partial charge in [0.15, 0.2) is 0 Å². The number of hydrogen-bond acceptors (Lipinski definition) is 7. The number of ether oxygens (including phenoxy) is 3. The van der Waals surface area contributed by atoms with Crippen LogP contribution in [0, 0.1) is 0 Å². The van der Waals surface area contributed by atoms with Crippen molar-refractivity contribution in [2.45, 2.75) is 24.3 Å². The number of fused-ring (bicyclic) bond motifs is 1. The van der Waals surface area contributed by atoms with E-state index in [0.29, 0.717) is 24.6 Å². The van der Waals surface area contributed by atoms with Gasteiger partial charge in [-0.1, -0.05) is 11.3 Å². The summed E-state index contributed by atoms with van der Waals surface area (Å²) in [6.45, 7) is 0.794. The van der Waals surface area contributed by atoms with Gasteiger partial charge in [0.2, 0.25) is 0 Å². The normalized spacial score (nSPS) is 24.5. The van der Waals surface area contributed by atoms with Gasteiger partial charge in [-0.25, -0.2) is 9.48 Å². The van der Waals surface area contributed by atoms with Crippen LogP contribution in [-0.4, -0.2) is 64.6 Å². The van der Waals surface area contributed by atoms with Gasteiger partial charge in [0.25, 0.3) is 0 Å². The molecule has 0 unspecified atom stereocenters. The lowest BCUT2D eigenvalue weighted by Crippen LogP contribution is -2.45. The summed E-state index contributed by atoms with van der Waals surface area (Å²) >= 11 is 0. The second-order valence-electron chi connectivity index (χ2n) is 7.40. The van der Waals surface area contributed by atoms with Crippen LogP contribution in [0.1, 0.15) is 6.04 Å². The average molecular weight is 422 g/mol. The van der Waals surface area contributed by atoms with Crippen LogP contribution < -0.4 is 15.4 Å². The Labute approximate surface area is 178 Å². The number of rotatable bonds is 5. The van der Waals surface area contributed by atoms with Crippen LogP contribution in [0.2, 0.25) is 0 Å². The van der Waals surface area contributed by atoms with Gasteiger partial charge in [0.05, 0.1) is 38.3 Å². The molecule has 0 spiro atoms. The van der Waals surface area contributed by atoms with E-state index >= 15 is 0 Å². The number of aromatic nitrogens is 4. The second kappa shape index (κ2) is 8.32. The standard InChI is InChI=1S/C21H22N6O4/c1-29-14-7-5-13(6-8-14)23-21(28)24-17-11-30-20-18(12-31-19(17)20)27-10-16(25-26-27)15-4-2-3-9-22-15/h2-10,17-20H,11-12H2,1H3,(H2,23,24,28)/t17-,18+,19-,20+/m1/s1. The molecule has 2 amide bonds. The van der Waals surface area contributed by atoms with Crippen molar-refractivity contribution in [2.24, 2.45) is 0 Å². The fraction of sp³-hybridized carbons (Fsp3) is 0.333. The first-order valence-corrected chi connectivity index (χ1v) is 9.99. The fourth-order valence-electron chi connectivity index (χ4n) is 3.91. The first kappa shape index (κ1) is 19.5. The molecule has 5 rings (SSSR count). The Kier molecular flexibility index (Phi) is 5.23. The minimum Gasteiger partial charge on any atom is -0.497 e. The van der Waals surface area contributed by atoms with Crippen molar-refractivity contribution in [2.75, 3.05) is 25.6 Å². The number of urea groups is 1. The molecule has 2 aromatic heterocycles. The number of nitrogens with one attached hydrogen (secondary N) is 2. The highest BCUT2D eigenvalue weighted by Crippen LogP contribution is 2.34. The van der Waals surface area contributed by atoms with E-state index in [4.69, 9.17) is 14.2 Å². The van der Waals surface area contributed by atoms with E-state index in [9.17, 15) is 4.79 Å². The van der Waals surface area contributed by atoms with Crippen molar-refractivity contribution < 1.29 is 19.0 Å². The van der Waals surface area contributed by atoms with Crippen molar-refractivity contribution in [3.05, 3.63) is 54.9 Å². The summed E-state index contributed by atoms with van der Waals surface area (Å²) in [5.41, 5.74) is 2.12. The highest BCUT2D eigenvalue weighted by atomic mass is 16.6. The monoisotopic (exact) mass is 422 g/mol. The zero-order valence-electron chi connectivity index (χ0n) is 16.8. The molecule has 2 aliphatic heterocycles. The molecule has 3 aromatic rings. The van der Waals surface area contributed by atoms with E-state index in [0.717, 1.165) is 11.4 Å². The third-order valence-corrected chi connectivity index (χ3v) is 5.47. The Morgan fingerprint density at radius 1 is 1.10 bits per heavy atom. The van der Waals surface area contributed by atoms with Crippen molar-refractivity contribution in [1.82, 2.24) is 25.3 Å². The van der Waals surface area contributed by atoms with Crippen molar-refractivity contribution in [3.8, 4) is 17.1 Å². The molecule has 4 atom stereocenters. The largest absolute Gasteiger partial charge is 0.497 e. The number of hydrogen-bond donors (Lipinski definition) is 2. The quantitative estimate of drug-likeness (QED) is 0.646. The molecule has 0 bridgehead atoms. The Bertz CT molecular complexity index is 1040. The van der Waals surface area contributed by atoms with Gasteiger partial charge in [0.1, 0.15) is 29.7 Å². The Morgan fingerprint density at radius 2 is 1.94 bits per heavy atom. The number of benzene rings is 1. The van der Waals surface area contributed by atoms with Crippen molar-refractivity contribution in [3.63, 3.8) is 0 Å². The SMILES string of the molecule is COc1ccc(NC(=O)N[C@@H]2CO[C@@H]3[C@@H]2OC[C@@H]3n2cc(-c3ccccn3)nn2)cc1. The summed E-state index contributed by atoms with van der Waals surface area (Å²) in [6, 6.07) is 12.1. The Balaban J connectivity index is 1.21. The summed E-state index contributed by atoms with van der Waals surface area (Å²) in [4.78, 5) is 16.7. The third kappa shape index (κ3) is 3.94. The van der Waals surface area contributed by atoms with Crippen LogP contribution in [0.25, 0.3) is 11.4 Å². The third-order valence-electron chi connectivity index (χ3n) is 5.47. The van der Waals surface area contributed by atoms with Crippen LogP contribution in [0.3, 0.4) is 0 Å². The number of pyridine rings is 1. The maximum Gasteiger partial charge on any atom is 0.319 e. The van der Waals surface area contributed by atoms with Gasteiger partial charge in [-0.15, -0.1) is 5.10 Å². The number of nitrogens with zero attached hydrogens (tertiary/aromatic N) is 4. The molecule has 10 nitrogen and oxygen atoms in total. The highest BCUT2D eigenvalue weighted by molar-refractivity contribution is 5.89. The maximum atomic E-state index is 12.4. The van der Waals surface area contributed by atoms with Crippen LogP contribution in [0.5, 0.6) is 5.75 Å². The van der Waals surface area contributed by atoms with Crippen LogP contribution >= 0.6 is 0 Å². The number of methoxy groups -OCH3 is 1. The van der Waals surface area contributed by atoms with Gasteiger partial charge in [0, 0.05) is 11.9 Å². The Hall–Kier alpha value is -3.50. The molecular formula is C21H22N6O4. The molecule has 4 heterocycles. The molecule has 1 aromatic carbocycles. The smallest absolute Gasteiger partial charge is 0.319 e. The fourth-order valence-corrected chi connectivity index (χ4v) is 3.91. The zero-order valence-corrected chi connectivity index (χ0v) is 16.8. The Morgan fingerprint density at radius 3 is 2.71 bits per heavy atom. The molecule has 2 N–H and O–H groups in total. The molecular weight excluding hydrogens is 400 g/mol. The predicted octanol–water partition coefficient (Wildman–Crippen LogP) is 1.88. The summed E-state index contributed by atoms with van der Waals surface area (Å²) in [6.07, 6.45) is 3.09. The van der Waals surface area contributed by atoms with Gasteiger partial charge in [-0.3, -0.25) is 4.98 Å². The number of anilines is 1. The van der Waals surface area contributed by atoms with Crippen molar-refractivity contribution >= 4 is 11.7 Å². The zero-order chi connectivity index (χ0) is 21.2. The maximum absolute atomic E-state index is 12.4. The van der Waals surface area contributed by atoms with Crippen molar-refractivity contribution in [1.29, 1.82) is 0 Å². The number of amides is 2. The lowest BCUT2D eigenvalue weighted by Gasteiger charge is -2.18. The lowest BCUT2D eigenvalue weighted by atomic mass is 10.1. The second-order valence-corrected chi connectivity index (χ2v) is 7.40. The van der Waals surface area contributed by atoms with E-state index in [1.54, 1.807) is 42.3 Å². The minimum atomic E-state index is -0.315. The van der Waals surface area contributed by atoms with Gasteiger partial charge in [-0.05, 0) is 36.4 Å². The highest BCUT2D eigenvalue weighted by Gasteiger charge is 2.49. The molecule has 0 saturated carbocycles.